The minimum atomic E-state index is -0.185. The molecule has 0 saturated heterocycles. The van der Waals surface area contributed by atoms with E-state index in [0.717, 1.165) is 16.3 Å². The molecule has 3 nitrogen and oxygen atoms in total. The Labute approximate surface area is 127 Å². The standard InChI is InChI=1S/C17H13ClN2O/c18-15-7-5-12(6-8-15)10-20-17(21)16-9-13-3-1-2-4-14(13)11-19-16/h1-9,11H,10H2,(H,20,21). The van der Waals surface area contributed by atoms with E-state index in [9.17, 15) is 4.79 Å². The molecule has 0 atom stereocenters. The van der Waals surface area contributed by atoms with Crippen LogP contribution in [0, 0.1) is 0 Å². The molecule has 4 heteroatoms. The summed E-state index contributed by atoms with van der Waals surface area (Å²) in [6.07, 6.45) is 1.71. The van der Waals surface area contributed by atoms with Crippen LogP contribution in [0.3, 0.4) is 0 Å². The second kappa shape index (κ2) is 5.94. The Morgan fingerprint density at radius 2 is 1.76 bits per heavy atom. The number of benzene rings is 2. The lowest BCUT2D eigenvalue weighted by Crippen LogP contribution is -2.23. The molecule has 1 N–H and O–H groups in total. The van der Waals surface area contributed by atoms with Crippen LogP contribution in [0.5, 0.6) is 0 Å². The van der Waals surface area contributed by atoms with Gasteiger partial charge in [0.1, 0.15) is 5.69 Å². The Morgan fingerprint density at radius 3 is 2.52 bits per heavy atom. The molecule has 0 aliphatic carbocycles. The summed E-state index contributed by atoms with van der Waals surface area (Å²) in [6, 6.07) is 17.0. The SMILES string of the molecule is O=C(NCc1ccc(Cl)cc1)c1cc2ccccc2cn1. The van der Waals surface area contributed by atoms with Crippen molar-refractivity contribution in [3.8, 4) is 0 Å². The molecule has 1 amide bonds. The fourth-order valence-electron chi connectivity index (χ4n) is 2.08. The topological polar surface area (TPSA) is 42.0 Å². The molecular formula is C17H13ClN2O. The quantitative estimate of drug-likeness (QED) is 0.798. The second-order valence-corrected chi connectivity index (χ2v) is 5.16. The number of pyridine rings is 1. The fraction of sp³-hybridized carbons (Fsp3) is 0.0588. The van der Waals surface area contributed by atoms with Crippen LogP contribution in [-0.4, -0.2) is 10.9 Å². The predicted octanol–water partition coefficient (Wildman–Crippen LogP) is 3.82. The highest BCUT2D eigenvalue weighted by molar-refractivity contribution is 6.30. The molecule has 21 heavy (non-hydrogen) atoms. The number of nitrogens with zero attached hydrogens (tertiary/aromatic N) is 1. The Hall–Kier alpha value is -2.39. The third kappa shape index (κ3) is 3.20. The van der Waals surface area contributed by atoms with Crippen LogP contribution in [0.1, 0.15) is 16.1 Å². The summed E-state index contributed by atoms with van der Waals surface area (Å²) in [5.74, 6) is -0.185. The van der Waals surface area contributed by atoms with Gasteiger partial charge in [-0.25, -0.2) is 0 Å². The van der Waals surface area contributed by atoms with Crippen LogP contribution in [-0.2, 0) is 6.54 Å². The maximum absolute atomic E-state index is 12.1. The van der Waals surface area contributed by atoms with Gasteiger partial charge < -0.3 is 5.32 Å². The molecule has 1 aromatic heterocycles. The van der Waals surface area contributed by atoms with Gasteiger partial charge in [-0.1, -0.05) is 48.0 Å². The third-order valence-electron chi connectivity index (χ3n) is 3.23. The average molecular weight is 297 g/mol. The largest absolute Gasteiger partial charge is 0.347 e. The summed E-state index contributed by atoms with van der Waals surface area (Å²) >= 11 is 5.83. The first-order valence-corrected chi connectivity index (χ1v) is 6.97. The fourth-order valence-corrected chi connectivity index (χ4v) is 2.21. The highest BCUT2D eigenvalue weighted by Gasteiger charge is 2.07. The summed E-state index contributed by atoms with van der Waals surface area (Å²) in [4.78, 5) is 16.3. The van der Waals surface area contributed by atoms with Gasteiger partial charge in [-0.05, 0) is 29.1 Å². The van der Waals surface area contributed by atoms with Crippen LogP contribution in [0.2, 0.25) is 5.02 Å². The molecule has 2 aromatic carbocycles. The molecule has 1 heterocycles. The third-order valence-corrected chi connectivity index (χ3v) is 3.48. The number of rotatable bonds is 3. The first-order chi connectivity index (χ1) is 10.2. The van der Waals surface area contributed by atoms with Gasteiger partial charge in [0.25, 0.3) is 5.91 Å². The summed E-state index contributed by atoms with van der Waals surface area (Å²) in [5.41, 5.74) is 1.41. The van der Waals surface area contributed by atoms with Crippen molar-refractivity contribution in [1.29, 1.82) is 0 Å². The van der Waals surface area contributed by atoms with Crippen molar-refractivity contribution in [2.24, 2.45) is 0 Å². The maximum Gasteiger partial charge on any atom is 0.270 e. The van der Waals surface area contributed by atoms with Crippen molar-refractivity contribution >= 4 is 28.3 Å². The van der Waals surface area contributed by atoms with Crippen molar-refractivity contribution in [3.63, 3.8) is 0 Å². The molecule has 3 rings (SSSR count). The van der Waals surface area contributed by atoms with Gasteiger partial charge in [0.05, 0.1) is 0 Å². The Morgan fingerprint density at radius 1 is 1.05 bits per heavy atom. The van der Waals surface area contributed by atoms with Crippen molar-refractivity contribution in [3.05, 3.63) is 77.1 Å². The molecule has 0 radical (unpaired) electrons. The van der Waals surface area contributed by atoms with E-state index in [0.29, 0.717) is 17.3 Å². The van der Waals surface area contributed by atoms with E-state index in [1.165, 1.54) is 0 Å². The van der Waals surface area contributed by atoms with E-state index < -0.39 is 0 Å². The van der Waals surface area contributed by atoms with Gasteiger partial charge in [0, 0.05) is 23.2 Å². The summed E-state index contributed by atoms with van der Waals surface area (Å²) < 4.78 is 0. The number of carbonyl (C=O) groups is 1. The normalized spacial score (nSPS) is 10.5. The van der Waals surface area contributed by atoms with E-state index >= 15 is 0 Å². The van der Waals surface area contributed by atoms with E-state index in [-0.39, 0.29) is 5.91 Å². The molecule has 0 unspecified atom stereocenters. The first-order valence-electron chi connectivity index (χ1n) is 6.60. The molecule has 0 saturated carbocycles. The van der Waals surface area contributed by atoms with E-state index in [1.807, 2.05) is 36.4 Å². The van der Waals surface area contributed by atoms with Crippen molar-refractivity contribution in [2.45, 2.75) is 6.54 Å². The van der Waals surface area contributed by atoms with Gasteiger partial charge in [0.2, 0.25) is 0 Å². The number of nitrogens with one attached hydrogen (secondary N) is 1. The minimum absolute atomic E-state index is 0.185. The molecule has 3 aromatic rings. The molecule has 0 bridgehead atoms. The van der Waals surface area contributed by atoms with Gasteiger partial charge in [-0.15, -0.1) is 0 Å². The molecule has 104 valence electrons. The highest BCUT2D eigenvalue weighted by Crippen LogP contribution is 2.13. The Balaban J connectivity index is 1.73. The van der Waals surface area contributed by atoms with Crippen LogP contribution in [0.15, 0.2) is 60.8 Å². The van der Waals surface area contributed by atoms with Crippen LogP contribution in [0.25, 0.3) is 10.8 Å². The summed E-state index contributed by atoms with van der Waals surface area (Å²) in [5, 5.41) is 5.56. The van der Waals surface area contributed by atoms with E-state index in [1.54, 1.807) is 24.4 Å². The van der Waals surface area contributed by atoms with Gasteiger partial charge in [-0.2, -0.15) is 0 Å². The lowest BCUT2D eigenvalue weighted by Gasteiger charge is -2.06. The number of hydrogen-bond donors (Lipinski definition) is 1. The van der Waals surface area contributed by atoms with E-state index in [4.69, 9.17) is 11.6 Å². The number of halogens is 1. The average Bonchev–Trinajstić information content (AvgIpc) is 2.53. The zero-order valence-corrected chi connectivity index (χ0v) is 12.0. The smallest absolute Gasteiger partial charge is 0.270 e. The molecule has 0 aliphatic rings. The molecule has 0 aliphatic heterocycles. The van der Waals surface area contributed by atoms with Gasteiger partial charge in [-0.3, -0.25) is 9.78 Å². The lowest BCUT2D eigenvalue weighted by molar-refractivity contribution is 0.0946. The van der Waals surface area contributed by atoms with Crippen LogP contribution >= 0.6 is 11.6 Å². The first kappa shape index (κ1) is 13.6. The molecule has 0 fully saturated rings. The molecule has 0 spiro atoms. The summed E-state index contributed by atoms with van der Waals surface area (Å²) in [7, 11) is 0. The second-order valence-electron chi connectivity index (χ2n) is 4.73. The minimum Gasteiger partial charge on any atom is -0.347 e. The van der Waals surface area contributed by atoms with Crippen molar-refractivity contribution in [1.82, 2.24) is 10.3 Å². The number of aromatic nitrogens is 1. The zero-order valence-electron chi connectivity index (χ0n) is 11.2. The van der Waals surface area contributed by atoms with Crippen molar-refractivity contribution in [2.75, 3.05) is 0 Å². The zero-order chi connectivity index (χ0) is 14.7. The van der Waals surface area contributed by atoms with Crippen molar-refractivity contribution < 1.29 is 4.79 Å². The maximum atomic E-state index is 12.1. The molecular weight excluding hydrogens is 284 g/mol. The number of amides is 1. The Bertz CT molecular complexity index is 784. The van der Waals surface area contributed by atoms with Crippen LogP contribution in [0.4, 0.5) is 0 Å². The number of fused-ring (bicyclic) bond motifs is 1. The number of carbonyl (C=O) groups excluding carboxylic acids is 1. The van der Waals surface area contributed by atoms with Gasteiger partial charge >= 0.3 is 0 Å². The predicted molar refractivity (Wildman–Crippen MR) is 84.4 cm³/mol. The lowest BCUT2D eigenvalue weighted by atomic mass is 10.1. The number of hydrogen-bond acceptors (Lipinski definition) is 2. The highest BCUT2D eigenvalue weighted by atomic mass is 35.5. The van der Waals surface area contributed by atoms with Crippen LogP contribution < -0.4 is 5.32 Å². The van der Waals surface area contributed by atoms with E-state index in [2.05, 4.69) is 10.3 Å². The monoisotopic (exact) mass is 296 g/mol. The van der Waals surface area contributed by atoms with Gasteiger partial charge in [0.15, 0.2) is 0 Å². The summed E-state index contributed by atoms with van der Waals surface area (Å²) in [6.45, 7) is 0.449. The Kier molecular flexibility index (Phi) is 3.84.